The van der Waals surface area contributed by atoms with E-state index in [1.807, 2.05) is 18.5 Å². The number of benzene rings is 1. The van der Waals surface area contributed by atoms with Gasteiger partial charge in [-0.15, -0.1) is 0 Å². The molecule has 1 aromatic heterocycles. The smallest absolute Gasteiger partial charge is 0.0668 e. The lowest BCUT2D eigenvalue weighted by Gasteiger charge is -2.42. The van der Waals surface area contributed by atoms with E-state index in [9.17, 15) is 0 Å². The second-order valence-electron chi connectivity index (χ2n) is 5.68. The Labute approximate surface area is 127 Å². The van der Waals surface area contributed by atoms with Crippen molar-refractivity contribution in [2.24, 2.45) is 0 Å². The first-order chi connectivity index (χ1) is 10.4. The van der Waals surface area contributed by atoms with Gasteiger partial charge >= 0.3 is 0 Å². The number of anilines is 1. The van der Waals surface area contributed by atoms with Crippen molar-refractivity contribution in [1.29, 1.82) is 0 Å². The van der Waals surface area contributed by atoms with Crippen molar-refractivity contribution >= 4 is 5.69 Å². The quantitative estimate of drug-likeness (QED) is 0.931. The molecular weight excluding hydrogens is 258 g/mol. The van der Waals surface area contributed by atoms with Crippen LogP contribution in [-0.4, -0.2) is 24.1 Å². The zero-order chi connectivity index (χ0) is 14.5. The molecule has 1 aliphatic heterocycles. The van der Waals surface area contributed by atoms with Gasteiger partial charge in [0.15, 0.2) is 0 Å². The predicted molar refractivity (Wildman–Crippen MR) is 87.5 cm³/mol. The van der Waals surface area contributed by atoms with Crippen LogP contribution in [0, 0.1) is 0 Å². The Morgan fingerprint density at radius 1 is 1.19 bits per heavy atom. The van der Waals surface area contributed by atoms with Gasteiger partial charge in [0.2, 0.25) is 0 Å². The maximum absolute atomic E-state index is 4.30. The Kier molecular flexibility index (Phi) is 4.51. The summed E-state index contributed by atoms with van der Waals surface area (Å²) in [6.45, 7) is 4.28. The topological polar surface area (TPSA) is 28.2 Å². The molecule has 2 atom stereocenters. The van der Waals surface area contributed by atoms with Crippen molar-refractivity contribution in [1.82, 2.24) is 10.3 Å². The van der Waals surface area contributed by atoms with Gasteiger partial charge in [-0.05, 0) is 24.1 Å². The van der Waals surface area contributed by atoms with Crippen molar-refractivity contribution in [3.8, 4) is 0 Å². The molecule has 3 nitrogen and oxygen atoms in total. The molecule has 0 aliphatic carbocycles. The molecule has 0 saturated carbocycles. The molecular formula is C18H23N3. The molecule has 3 heteroatoms. The van der Waals surface area contributed by atoms with E-state index in [0.29, 0.717) is 12.1 Å². The van der Waals surface area contributed by atoms with Gasteiger partial charge in [-0.2, -0.15) is 0 Å². The molecule has 110 valence electrons. The third-order valence-corrected chi connectivity index (χ3v) is 4.19. The van der Waals surface area contributed by atoms with E-state index < -0.39 is 0 Å². The van der Waals surface area contributed by atoms with E-state index in [0.717, 1.165) is 13.1 Å². The molecule has 21 heavy (non-hydrogen) atoms. The second-order valence-corrected chi connectivity index (χ2v) is 5.68. The lowest BCUT2D eigenvalue weighted by atomic mass is 9.99. The van der Waals surface area contributed by atoms with Gasteiger partial charge in [0, 0.05) is 25.3 Å². The molecule has 2 unspecified atom stereocenters. The number of aromatic nitrogens is 1. The summed E-state index contributed by atoms with van der Waals surface area (Å²) in [5.74, 6) is 0. The lowest BCUT2D eigenvalue weighted by molar-refractivity contribution is 0.379. The minimum absolute atomic E-state index is 0.378. The third-order valence-electron chi connectivity index (χ3n) is 4.19. The zero-order valence-electron chi connectivity index (χ0n) is 12.6. The van der Waals surface area contributed by atoms with Gasteiger partial charge in [-0.3, -0.25) is 4.98 Å². The Morgan fingerprint density at radius 3 is 2.76 bits per heavy atom. The van der Waals surface area contributed by atoms with E-state index in [2.05, 4.69) is 58.5 Å². The van der Waals surface area contributed by atoms with E-state index in [1.54, 1.807) is 0 Å². The van der Waals surface area contributed by atoms with E-state index in [1.165, 1.54) is 24.1 Å². The van der Waals surface area contributed by atoms with Gasteiger partial charge in [-0.25, -0.2) is 0 Å². The van der Waals surface area contributed by atoms with E-state index in [-0.39, 0.29) is 0 Å². The number of pyridine rings is 1. The van der Waals surface area contributed by atoms with Gasteiger partial charge in [0.1, 0.15) is 0 Å². The van der Waals surface area contributed by atoms with Gasteiger partial charge in [-0.1, -0.05) is 43.7 Å². The second kappa shape index (κ2) is 6.72. The third kappa shape index (κ3) is 3.24. The summed E-state index contributed by atoms with van der Waals surface area (Å²) in [5.41, 5.74) is 2.58. The molecule has 1 N–H and O–H groups in total. The Bertz CT molecular complexity index is 541. The summed E-state index contributed by atoms with van der Waals surface area (Å²) in [7, 11) is 0. The first-order valence-electron chi connectivity index (χ1n) is 7.83. The fourth-order valence-electron chi connectivity index (χ4n) is 3.14. The number of nitrogens with zero attached hydrogens (tertiary/aromatic N) is 2. The summed E-state index contributed by atoms with van der Waals surface area (Å²) in [4.78, 5) is 6.80. The van der Waals surface area contributed by atoms with Gasteiger partial charge in [0.05, 0.1) is 17.9 Å². The molecule has 0 radical (unpaired) electrons. The fourth-order valence-corrected chi connectivity index (χ4v) is 3.14. The SMILES string of the molecule is CCCC1CN(c2cccnc2)C(c2ccccc2)CN1. The average Bonchev–Trinajstić information content (AvgIpc) is 2.57. The molecule has 0 spiro atoms. The van der Waals surface area contributed by atoms with Crippen LogP contribution < -0.4 is 10.2 Å². The molecule has 0 bridgehead atoms. The maximum Gasteiger partial charge on any atom is 0.0668 e. The monoisotopic (exact) mass is 281 g/mol. The van der Waals surface area contributed by atoms with Crippen LogP contribution in [0.3, 0.4) is 0 Å². The average molecular weight is 281 g/mol. The predicted octanol–water partition coefficient (Wildman–Crippen LogP) is 3.40. The molecule has 1 aliphatic rings. The summed E-state index contributed by atoms with van der Waals surface area (Å²) < 4.78 is 0. The normalized spacial score (nSPS) is 22.2. The highest BCUT2D eigenvalue weighted by molar-refractivity contribution is 5.48. The standard InChI is InChI=1S/C18H23N3/c1-2-7-16-14-21(17-10-6-11-19-12-17)18(13-20-16)15-8-4-3-5-9-15/h3-6,8-12,16,18,20H,2,7,13-14H2,1H3. The van der Waals surface area contributed by atoms with Crippen LogP contribution in [0.25, 0.3) is 0 Å². The summed E-state index contributed by atoms with van der Waals surface area (Å²) >= 11 is 0. The van der Waals surface area contributed by atoms with Crippen LogP contribution in [0.2, 0.25) is 0 Å². The first kappa shape index (κ1) is 14.1. The Hall–Kier alpha value is -1.87. The maximum atomic E-state index is 4.30. The highest BCUT2D eigenvalue weighted by Gasteiger charge is 2.28. The van der Waals surface area contributed by atoms with Crippen molar-refractivity contribution in [2.75, 3.05) is 18.0 Å². The number of hydrogen-bond donors (Lipinski definition) is 1. The largest absolute Gasteiger partial charge is 0.360 e. The fraction of sp³-hybridized carbons (Fsp3) is 0.389. The Balaban J connectivity index is 1.88. The van der Waals surface area contributed by atoms with Crippen LogP contribution in [0.5, 0.6) is 0 Å². The van der Waals surface area contributed by atoms with Crippen LogP contribution in [0.4, 0.5) is 5.69 Å². The van der Waals surface area contributed by atoms with Crippen LogP contribution in [0.1, 0.15) is 31.4 Å². The highest BCUT2D eigenvalue weighted by atomic mass is 15.2. The van der Waals surface area contributed by atoms with Crippen molar-refractivity contribution < 1.29 is 0 Å². The molecule has 1 aromatic carbocycles. The van der Waals surface area contributed by atoms with Crippen LogP contribution in [0.15, 0.2) is 54.9 Å². The number of hydrogen-bond acceptors (Lipinski definition) is 3. The lowest BCUT2D eigenvalue weighted by Crippen LogP contribution is -2.52. The van der Waals surface area contributed by atoms with Crippen LogP contribution >= 0.6 is 0 Å². The van der Waals surface area contributed by atoms with Crippen molar-refractivity contribution in [3.05, 3.63) is 60.4 Å². The van der Waals surface area contributed by atoms with E-state index >= 15 is 0 Å². The van der Waals surface area contributed by atoms with Crippen molar-refractivity contribution in [3.63, 3.8) is 0 Å². The summed E-state index contributed by atoms with van der Waals surface area (Å²) in [6.07, 6.45) is 6.25. The number of piperazine rings is 1. The molecule has 2 heterocycles. The van der Waals surface area contributed by atoms with Gasteiger partial charge in [0.25, 0.3) is 0 Å². The highest BCUT2D eigenvalue weighted by Crippen LogP contribution is 2.29. The van der Waals surface area contributed by atoms with E-state index in [4.69, 9.17) is 0 Å². The molecule has 3 rings (SSSR count). The molecule has 1 saturated heterocycles. The Morgan fingerprint density at radius 2 is 2.05 bits per heavy atom. The number of rotatable bonds is 4. The van der Waals surface area contributed by atoms with Crippen molar-refractivity contribution in [2.45, 2.75) is 31.8 Å². The molecule has 0 amide bonds. The molecule has 1 fully saturated rings. The number of nitrogens with one attached hydrogen (secondary N) is 1. The minimum Gasteiger partial charge on any atom is -0.360 e. The first-order valence-corrected chi connectivity index (χ1v) is 7.83. The molecule has 2 aromatic rings. The minimum atomic E-state index is 0.378. The summed E-state index contributed by atoms with van der Waals surface area (Å²) in [5, 5.41) is 3.71. The summed E-state index contributed by atoms with van der Waals surface area (Å²) in [6, 6.07) is 15.9. The van der Waals surface area contributed by atoms with Crippen LogP contribution in [-0.2, 0) is 0 Å². The zero-order valence-corrected chi connectivity index (χ0v) is 12.6. The van der Waals surface area contributed by atoms with Gasteiger partial charge < -0.3 is 10.2 Å².